The Morgan fingerprint density at radius 2 is 2.18 bits per heavy atom. The Morgan fingerprint density at radius 1 is 1.41 bits per heavy atom. The quantitative estimate of drug-likeness (QED) is 0.790. The van der Waals surface area contributed by atoms with E-state index >= 15 is 0 Å². The molecule has 1 aromatic heterocycles. The van der Waals surface area contributed by atoms with Crippen LogP contribution in [0, 0.1) is 0 Å². The second kappa shape index (κ2) is 4.46. The molecular formula is C11H14N2O3S. The summed E-state index contributed by atoms with van der Waals surface area (Å²) in [5, 5.41) is 0. The topological polar surface area (TPSA) is 70.2 Å². The van der Waals surface area contributed by atoms with Gasteiger partial charge in [-0.2, -0.15) is 4.31 Å². The maximum absolute atomic E-state index is 12.2. The van der Waals surface area contributed by atoms with Crippen LogP contribution >= 0.6 is 0 Å². The van der Waals surface area contributed by atoms with Crippen LogP contribution in [0.2, 0.25) is 0 Å². The van der Waals surface area contributed by atoms with E-state index in [0.29, 0.717) is 19.5 Å². The molecule has 0 unspecified atom stereocenters. The van der Waals surface area contributed by atoms with Gasteiger partial charge in [0, 0.05) is 31.5 Å². The van der Waals surface area contributed by atoms with Gasteiger partial charge in [-0.15, -0.1) is 0 Å². The fourth-order valence-corrected chi connectivity index (χ4v) is 3.13. The zero-order valence-corrected chi connectivity index (χ0v) is 10.3. The van der Waals surface area contributed by atoms with E-state index in [9.17, 15) is 13.2 Å². The number of hydrogen-bond donors (Lipinski definition) is 1. The molecule has 6 heteroatoms. The summed E-state index contributed by atoms with van der Waals surface area (Å²) in [6, 6.07) is 1.22. The van der Waals surface area contributed by atoms with E-state index in [4.69, 9.17) is 0 Å². The molecule has 0 aliphatic carbocycles. The van der Waals surface area contributed by atoms with Gasteiger partial charge in [0.25, 0.3) is 0 Å². The highest BCUT2D eigenvalue weighted by Gasteiger charge is 2.27. The second-order valence-electron chi connectivity index (χ2n) is 4.04. The Bertz CT molecular complexity index is 601. The molecule has 0 atom stereocenters. The number of pyridine rings is 1. The van der Waals surface area contributed by atoms with Crippen molar-refractivity contribution in [2.75, 3.05) is 13.1 Å². The number of hydrogen-bond acceptors (Lipinski definition) is 3. The highest BCUT2D eigenvalue weighted by atomic mass is 32.2. The van der Waals surface area contributed by atoms with Crippen molar-refractivity contribution in [1.29, 1.82) is 0 Å². The lowest BCUT2D eigenvalue weighted by Crippen LogP contribution is -2.36. The molecular weight excluding hydrogens is 240 g/mol. The maximum atomic E-state index is 12.2. The molecule has 0 aromatic carbocycles. The Kier molecular flexibility index (Phi) is 3.17. The molecule has 0 bridgehead atoms. The van der Waals surface area contributed by atoms with E-state index in [1.165, 1.54) is 28.3 Å². The highest BCUT2D eigenvalue weighted by Crippen LogP contribution is 2.17. The minimum Gasteiger partial charge on any atom is -0.366 e. The Morgan fingerprint density at radius 3 is 2.76 bits per heavy atom. The summed E-state index contributed by atoms with van der Waals surface area (Å²) in [4.78, 5) is 14.0. The lowest BCUT2D eigenvalue weighted by Gasteiger charge is -2.24. The van der Waals surface area contributed by atoms with Gasteiger partial charge < -0.3 is 4.98 Å². The number of rotatable bonds is 2. The van der Waals surface area contributed by atoms with Gasteiger partial charge in [-0.25, -0.2) is 8.42 Å². The first-order valence-electron chi connectivity index (χ1n) is 5.35. The molecule has 0 radical (unpaired) electrons. The standard InChI is InChI=1S/C11H14N2O3S/c1-9-3-6-13(7-4-9)17(15,16)11-8-12-5-2-10(11)14/h2-3,5,8H,4,6-7H2,1H3,(H,12,14). The lowest BCUT2D eigenvalue weighted by molar-refractivity contribution is 0.430. The number of sulfonamides is 1. The summed E-state index contributed by atoms with van der Waals surface area (Å²) < 4.78 is 25.7. The van der Waals surface area contributed by atoms with Crippen LogP contribution in [0.25, 0.3) is 0 Å². The van der Waals surface area contributed by atoms with Crippen LogP contribution in [0.1, 0.15) is 13.3 Å². The molecule has 1 N–H and O–H groups in total. The molecule has 0 saturated heterocycles. The molecule has 1 aromatic rings. The van der Waals surface area contributed by atoms with Gasteiger partial charge in [0.15, 0.2) is 0 Å². The summed E-state index contributed by atoms with van der Waals surface area (Å²) in [6.45, 7) is 2.74. The minimum atomic E-state index is -3.67. The number of H-pyrrole nitrogens is 1. The van der Waals surface area contributed by atoms with Gasteiger partial charge in [0.1, 0.15) is 4.90 Å². The van der Waals surface area contributed by atoms with Crippen molar-refractivity contribution in [1.82, 2.24) is 9.29 Å². The Labute approximate surface area is 99.8 Å². The molecule has 1 aliphatic heterocycles. The first-order chi connectivity index (χ1) is 8.01. The average Bonchev–Trinajstić information content (AvgIpc) is 2.30. The molecule has 0 amide bonds. The van der Waals surface area contributed by atoms with Crippen LogP contribution in [0.5, 0.6) is 0 Å². The third kappa shape index (κ3) is 2.32. The van der Waals surface area contributed by atoms with Crippen molar-refractivity contribution in [3.8, 4) is 0 Å². The third-order valence-corrected chi connectivity index (χ3v) is 4.69. The van der Waals surface area contributed by atoms with E-state index in [0.717, 1.165) is 0 Å². The van der Waals surface area contributed by atoms with Crippen LogP contribution in [0.15, 0.2) is 39.8 Å². The van der Waals surface area contributed by atoms with E-state index in [2.05, 4.69) is 4.98 Å². The van der Waals surface area contributed by atoms with Crippen molar-refractivity contribution >= 4 is 10.0 Å². The molecule has 5 nitrogen and oxygen atoms in total. The predicted molar refractivity (Wildman–Crippen MR) is 64.2 cm³/mol. The van der Waals surface area contributed by atoms with Crippen molar-refractivity contribution in [3.05, 3.63) is 40.3 Å². The molecule has 92 valence electrons. The summed E-state index contributed by atoms with van der Waals surface area (Å²) in [6.07, 6.45) is 5.24. The molecule has 2 heterocycles. The summed E-state index contributed by atoms with van der Waals surface area (Å²) in [5.41, 5.74) is 0.702. The summed E-state index contributed by atoms with van der Waals surface area (Å²) in [5.74, 6) is 0. The minimum absolute atomic E-state index is 0.187. The van der Waals surface area contributed by atoms with E-state index < -0.39 is 15.5 Å². The molecule has 2 rings (SSSR count). The number of aromatic nitrogens is 1. The van der Waals surface area contributed by atoms with Crippen LogP contribution in [-0.4, -0.2) is 30.8 Å². The zero-order chi connectivity index (χ0) is 12.5. The highest BCUT2D eigenvalue weighted by molar-refractivity contribution is 7.89. The van der Waals surface area contributed by atoms with E-state index in [1.54, 1.807) is 0 Å². The number of nitrogens with one attached hydrogen (secondary N) is 1. The van der Waals surface area contributed by atoms with E-state index in [-0.39, 0.29) is 4.90 Å². The van der Waals surface area contributed by atoms with Crippen molar-refractivity contribution in [3.63, 3.8) is 0 Å². The van der Waals surface area contributed by atoms with Gasteiger partial charge in [0.2, 0.25) is 15.5 Å². The van der Waals surface area contributed by atoms with Crippen molar-refractivity contribution in [2.24, 2.45) is 0 Å². The fraction of sp³-hybridized carbons (Fsp3) is 0.364. The molecule has 0 fully saturated rings. The Balaban J connectivity index is 2.39. The van der Waals surface area contributed by atoms with Crippen LogP contribution < -0.4 is 5.43 Å². The third-order valence-electron chi connectivity index (χ3n) is 2.80. The average molecular weight is 254 g/mol. The summed E-state index contributed by atoms with van der Waals surface area (Å²) in [7, 11) is -3.67. The monoisotopic (exact) mass is 254 g/mol. The van der Waals surface area contributed by atoms with Crippen LogP contribution in [-0.2, 0) is 10.0 Å². The first kappa shape index (κ1) is 12.1. The molecule has 1 aliphatic rings. The van der Waals surface area contributed by atoms with Crippen LogP contribution in [0.3, 0.4) is 0 Å². The van der Waals surface area contributed by atoms with Crippen molar-refractivity contribution < 1.29 is 8.42 Å². The maximum Gasteiger partial charge on any atom is 0.248 e. The van der Waals surface area contributed by atoms with Crippen LogP contribution in [0.4, 0.5) is 0 Å². The zero-order valence-electron chi connectivity index (χ0n) is 9.51. The molecule has 0 saturated carbocycles. The lowest BCUT2D eigenvalue weighted by atomic mass is 10.1. The fourth-order valence-electron chi connectivity index (χ4n) is 1.71. The van der Waals surface area contributed by atoms with Gasteiger partial charge in [0.05, 0.1) is 0 Å². The van der Waals surface area contributed by atoms with Gasteiger partial charge in [-0.3, -0.25) is 4.79 Å². The van der Waals surface area contributed by atoms with Crippen molar-refractivity contribution in [2.45, 2.75) is 18.2 Å². The predicted octanol–water partition coefficient (Wildman–Crippen LogP) is 0.716. The number of nitrogens with zero attached hydrogens (tertiary/aromatic N) is 1. The van der Waals surface area contributed by atoms with Gasteiger partial charge in [-0.05, 0) is 13.3 Å². The normalized spacial score (nSPS) is 17.8. The molecule has 0 spiro atoms. The SMILES string of the molecule is CC1=CCN(S(=O)(=O)c2c[nH]ccc2=O)CC1. The van der Waals surface area contributed by atoms with E-state index in [1.807, 2.05) is 13.0 Å². The second-order valence-corrected chi connectivity index (χ2v) is 5.94. The first-order valence-corrected chi connectivity index (χ1v) is 6.79. The smallest absolute Gasteiger partial charge is 0.248 e. The van der Waals surface area contributed by atoms with Gasteiger partial charge >= 0.3 is 0 Å². The summed E-state index contributed by atoms with van der Waals surface area (Å²) >= 11 is 0. The molecule has 17 heavy (non-hydrogen) atoms. The largest absolute Gasteiger partial charge is 0.366 e. The van der Waals surface area contributed by atoms with Gasteiger partial charge in [-0.1, -0.05) is 11.6 Å². The Hall–Kier alpha value is -1.40. The number of aromatic amines is 1.